The standard InChI is InChI=1S/C18H23N5O2/c1-12(2)25-10-17(24)23-6-4-14(9-23)18-15(8-20-11-22-18)13-3-5-21-16(19)7-13/h3,5,7-8,11-12,14H,4,6,9-10H2,1-2H3,(H2,19,21)/t14-/m0/s1. The van der Waals surface area contributed by atoms with Crippen molar-refractivity contribution in [2.75, 3.05) is 25.4 Å². The predicted octanol–water partition coefficient (Wildman–Crippen LogP) is 1.86. The lowest BCUT2D eigenvalue weighted by Gasteiger charge is -2.18. The molecular formula is C18H23N5O2. The van der Waals surface area contributed by atoms with Crippen molar-refractivity contribution < 1.29 is 9.53 Å². The Balaban J connectivity index is 1.76. The van der Waals surface area contributed by atoms with Crippen LogP contribution in [0.15, 0.2) is 30.9 Å². The van der Waals surface area contributed by atoms with Gasteiger partial charge in [-0.1, -0.05) is 0 Å². The van der Waals surface area contributed by atoms with Gasteiger partial charge < -0.3 is 15.4 Å². The number of nitrogen functional groups attached to an aromatic ring is 1. The molecule has 2 aromatic rings. The smallest absolute Gasteiger partial charge is 0.248 e. The van der Waals surface area contributed by atoms with Crippen LogP contribution in [0.4, 0.5) is 5.82 Å². The summed E-state index contributed by atoms with van der Waals surface area (Å²) in [7, 11) is 0. The fourth-order valence-electron chi connectivity index (χ4n) is 3.04. The van der Waals surface area contributed by atoms with Crippen LogP contribution in [-0.4, -0.2) is 51.6 Å². The van der Waals surface area contributed by atoms with Crippen molar-refractivity contribution in [2.24, 2.45) is 0 Å². The van der Waals surface area contributed by atoms with Crippen LogP contribution in [0.5, 0.6) is 0 Å². The Morgan fingerprint density at radius 2 is 2.28 bits per heavy atom. The van der Waals surface area contributed by atoms with E-state index in [0.717, 1.165) is 23.2 Å². The zero-order valence-corrected chi connectivity index (χ0v) is 14.6. The molecule has 0 saturated carbocycles. The summed E-state index contributed by atoms with van der Waals surface area (Å²) in [5.41, 5.74) is 8.63. The second kappa shape index (κ2) is 7.57. The van der Waals surface area contributed by atoms with Gasteiger partial charge in [0.25, 0.3) is 0 Å². The van der Waals surface area contributed by atoms with E-state index in [-0.39, 0.29) is 24.5 Å². The van der Waals surface area contributed by atoms with E-state index in [4.69, 9.17) is 10.5 Å². The molecule has 0 radical (unpaired) electrons. The average Bonchev–Trinajstić information content (AvgIpc) is 3.09. The molecule has 2 N–H and O–H groups in total. The van der Waals surface area contributed by atoms with E-state index in [2.05, 4.69) is 15.0 Å². The van der Waals surface area contributed by atoms with Gasteiger partial charge in [-0.25, -0.2) is 15.0 Å². The van der Waals surface area contributed by atoms with E-state index in [1.165, 1.54) is 0 Å². The molecule has 132 valence electrons. The predicted molar refractivity (Wildman–Crippen MR) is 94.7 cm³/mol. The molecule has 1 atom stereocenters. The molecule has 3 heterocycles. The number of nitrogens with two attached hydrogens (primary N) is 1. The SMILES string of the molecule is CC(C)OCC(=O)N1CC[C@H](c2ncncc2-c2ccnc(N)c2)C1. The first-order chi connectivity index (χ1) is 12.0. The number of nitrogens with zero attached hydrogens (tertiary/aromatic N) is 4. The van der Waals surface area contributed by atoms with Crippen LogP contribution >= 0.6 is 0 Å². The first-order valence-corrected chi connectivity index (χ1v) is 8.45. The molecule has 25 heavy (non-hydrogen) atoms. The first-order valence-electron chi connectivity index (χ1n) is 8.45. The molecule has 7 heteroatoms. The second-order valence-corrected chi connectivity index (χ2v) is 6.48. The van der Waals surface area contributed by atoms with Gasteiger partial charge in [-0.15, -0.1) is 0 Å². The maximum Gasteiger partial charge on any atom is 0.248 e. The number of hydrogen-bond acceptors (Lipinski definition) is 6. The highest BCUT2D eigenvalue weighted by atomic mass is 16.5. The van der Waals surface area contributed by atoms with Gasteiger partial charge in [0.05, 0.1) is 11.8 Å². The van der Waals surface area contributed by atoms with Gasteiger partial charge in [0.2, 0.25) is 5.91 Å². The summed E-state index contributed by atoms with van der Waals surface area (Å²) < 4.78 is 5.43. The quantitative estimate of drug-likeness (QED) is 0.892. The average molecular weight is 341 g/mol. The molecule has 0 unspecified atom stereocenters. The fourth-order valence-corrected chi connectivity index (χ4v) is 3.04. The van der Waals surface area contributed by atoms with Gasteiger partial charge in [-0.2, -0.15) is 0 Å². The highest BCUT2D eigenvalue weighted by Gasteiger charge is 2.30. The third-order valence-electron chi connectivity index (χ3n) is 4.30. The molecule has 1 aliphatic rings. The van der Waals surface area contributed by atoms with Gasteiger partial charge in [0.15, 0.2) is 0 Å². The largest absolute Gasteiger partial charge is 0.384 e. The number of carbonyl (C=O) groups is 1. The third kappa shape index (κ3) is 4.11. The van der Waals surface area contributed by atoms with Gasteiger partial charge in [0.1, 0.15) is 18.8 Å². The molecule has 0 bridgehead atoms. The highest BCUT2D eigenvalue weighted by Crippen LogP contribution is 2.33. The number of aromatic nitrogens is 3. The van der Waals surface area contributed by atoms with Crippen LogP contribution < -0.4 is 5.73 Å². The van der Waals surface area contributed by atoms with E-state index in [9.17, 15) is 4.79 Å². The minimum absolute atomic E-state index is 0.0277. The lowest BCUT2D eigenvalue weighted by atomic mass is 9.96. The Morgan fingerprint density at radius 3 is 3.04 bits per heavy atom. The third-order valence-corrected chi connectivity index (χ3v) is 4.30. The Hall–Kier alpha value is -2.54. The Morgan fingerprint density at radius 1 is 1.44 bits per heavy atom. The highest BCUT2D eigenvalue weighted by molar-refractivity contribution is 5.78. The van der Waals surface area contributed by atoms with Crippen molar-refractivity contribution in [1.82, 2.24) is 19.9 Å². The van der Waals surface area contributed by atoms with Crippen LogP contribution in [-0.2, 0) is 9.53 Å². The summed E-state index contributed by atoms with van der Waals surface area (Å²) in [5, 5.41) is 0. The van der Waals surface area contributed by atoms with Crippen molar-refractivity contribution in [3.05, 3.63) is 36.5 Å². The van der Waals surface area contributed by atoms with Crippen LogP contribution in [0.1, 0.15) is 31.9 Å². The van der Waals surface area contributed by atoms with Crippen molar-refractivity contribution in [3.63, 3.8) is 0 Å². The molecule has 1 saturated heterocycles. The number of ether oxygens (including phenoxy) is 1. The maximum atomic E-state index is 12.3. The fraction of sp³-hybridized carbons (Fsp3) is 0.444. The Bertz CT molecular complexity index is 750. The zero-order chi connectivity index (χ0) is 17.8. The molecule has 0 spiro atoms. The molecular weight excluding hydrogens is 318 g/mol. The summed E-state index contributed by atoms with van der Waals surface area (Å²) in [6, 6.07) is 3.71. The van der Waals surface area contributed by atoms with Gasteiger partial charge in [-0.3, -0.25) is 4.79 Å². The summed E-state index contributed by atoms with van der Waals surface area (Å²) in [6.45, 7) is 5.33. The monoisotopic (exact) mass is 341 g/mol. The van der Waals surface area contributed by atoms with E-state index in [1.54, 1.807) is 18.7 Å². The van der Waals surface area contributed by atoms with Gasteiger partial charge in [0, 0.05) is 37.0 Å². The summed E-state index contributed by atoms with van der Waals surface area (Å²) in [5.74, 6) is 0.664. The number of amides is 1. The Labute approximate surface area is 147 Å². The maximum absolute atomic E-state index is 12.3. The lowest BCUT2D eigenvalue weighted by Crippen LogP contribution is -2.32. The summed E-state index contributed by atoms with van der Waals surface area (Å²) in [4.78, 5) is 26.8. The Kier molecular flexibility index (Phi) is 5.23. The topological polar surface area (TPSA) is 94.2 Å². The van der Waals surface area contributed by atoms with Crippen molar-refractivity contribution in [2.45, 2.75) is 32.3 Å². The normalized spacial score (nSPS) is 17.2. The second-order valence-electron chi connectivity index (χ2n) is 6.48. The van der Waals surface area contributed by atoms with E-state index < -0.39 is 0 Å². The van der Waals surface area contributed by atoms with Crippen LogP contribution in [0.3, 0.4) is 0 Å². The number of carbonyl (C=O) groups excluding carboxylic acids is 1. The molecule has 3 rings (SSSR count). The molecule has 0 aromatic carbocycles. The number of pyridine rings is 1. The molecule has 1 amide bonds. The molecule has 2 aromatic heterocycles. The van der Waals surface area contributed by atoms with Crippen molar-refractivity contribution in [1.29, 1.82) is 0 Å². The van der Waals surface area contributed by atoms with Crippen molar-refractivity contribution in [3.8, 4) is 11.1 Å². The summed E-state index contributed by atoms with van der Waals surface area (Å²) in [6.07, 6.45) is 5.94. The number of rotatable bonds is 5. The van der Waals surface area contributed by atoms with E-state index >= 15 is 0 Å². The number of hydrogen-bond donors (Lipinski definition) is 1. The van der Waals surface area contributed by atoms with E-state index in [1.807, 2.05) is 30.9 Å². The van der Waals surface area contributed by atoms with Crippen LogP contribution in [0.2, 0.25) is 0 Å². The zero-order valence-electron chi connectivity index (χ0n) is 14.6. The van der Waals surface area contributed by atoms with Crippen LogP contribution in [0, 0.1) is 0 Å². The van der Waals surface area contributed by atoms with E-state index in [0.29, 0.717) is 18.9 Å². The van der Waals surface area contributed by atoms with Gasteiger partial charge >= 0.3 is 0 Å². The lowest BCUT2D eigenvalue weighted by molar-refractivity contribution is -0.136. The van der Waals surface area contributed by atoms with Crippen molar-refractivity contribution >= 4 is 11.7 Å². The summed E-state index contributed by atoms with van der Waals surface area (Å²) >= 11 is 0. The molecule has 1 fully saturated rings. The molecule has 1 aliphatic heterocycles. The number of likely N-dealkylation sites (tertiary alicyclic amines) is 1. The molecule has 0 aliphatic carbocycles. The molecule has 7 nitrogen and oxygen atoms in total. The van der Waals surface area contributed by atoms with Crippen LogP contribution in [0.25, 0.3) is 11.1 Å². The first kappa shape index (κ1) is 17.3. The van der Waals surface area contributed by atoms with Gasteiger partial charge in [-0.05, 0) is 38.0 Å². The minimum atomic E-state index is 0.0277. The number of anilines is 1. The minimum Gasteiger partial charge on any atom is -0.384 e.